The summed E-state index contributed by atoms with van der Waals surface area (Å²) in [5, 5.41) is 18.2. The van der Waals surface area contributed by atoms with Gasteiger partial charge in [0, 0.05) is 12.6 Å². The fraction of sp³-hybridized carbons (Fsp3) is 0.429. The van der Waals surface area contributed by atoms with Crippen LogP contribution in [-0.2, 0) is 0 Å². The predicted octanol–water partition coefficient (Wildman–Crippen LogP) is 1.08. The van der Waals surface area contributed by atoms with Crippen molar-refractivity contribution in [1.29, 1.82) is 0 Å². The van der Waals surface area contributed by atoms with Crippen LogP contribution in [0.1, 0.15) is 30.9 Å². The molecule has 4 heteroatoms. The van der Waals surface area contributed by atoms with Gasteiger partial charge in [0.1, 0.15) is 0 Å². The number of hydrogen-bond acceptors (Lipinski definition) is 3. The van der Waals surface area contributed by atoms with Gasteiger partial charge in [0.15, 0.2) is 0 Å². The Balaban J connectivity index is 2.14. The monoisotopic (exact) mass is 245 g/mol. The molecule has 1 atom stereocenters. The molecule has 96 valence electrons. The minimum Gasteiger partial charge on any atom is -0.423 e. The average Bonchev–Trinajstić information content (AvgIpc) is 2.40. The van der Waals surface area contributed by atoms with Crippen LogP contribution < -0.4 is 5.46 Å². The fourth-order valence-corrected chi connectivity index (χ4v) is 2.64. The Labute approximate surface area is 109 Å². The van der Waals surface area contributed by atoms with Crippen LogP contribution in [0.2, 0.25) is 0 Å². The lowest BCUT2D eigenvalue weighted by Crippen LogP contribution is -2.34. The first kappa shape index (κ1) is 13.3. The molecule has 1 fully saturated rings. The Kier molecular flexibility index (Phi) is 4.58. The Bertz CT molecular complexity index is 391. The highest BCUT2D eigenvalue weighted by Gasteiger charge is 2.23. The Hall–Kier alpha value is -1.10. The highest BCUT2D eigenvalue weighted by atomic mass is 16.4. The number of likely N-dealkylation sites (tertiary alicyclic amines) is 1. The van der Waals surface area contributed by atoms with Crippen LogP contribution in [-0.4, -0.2) is 35.2 Å². The molecular formula is C14H20BNO2. The molecule has 1 saturated heterocycles. The lowest BCUT2D eigenvalue weighted by molar-refractivity contribution is 0.166. The van der Waals surface area contributed by atoms with E-state index in [0.29, 0.717) is 11.5 Å². The minimum absolute atomic E-state index is 0.432. The van der Waals surface area contributed by atoms with Crippen molar-refractivity contribution in [2.75, 3.05) is 13.1 Å². The smallest absolute Gasteiger partial charge is 0.423 e. The van der Waals surface area contributed by atoms with E-state index in [1.807, 2.05) is 18.2 Å². The van der Waals surface area contributed by atoms with Gasteiger partial charge in [-0.3, -0.25) is 4.90 Å². The quantitative estimate of drug-likeness (QED) is 0.616. The van der Waals surface area contributed by atoms with Gasteiger partial charge in [-0.15, -0.1) is 6.58 Å². The molecule has 0 saturated carbocycles. The zero-order valence-electron chi connectivity index (χ0n) is 10.6. The van der Waals surface area contributed by atoms with Gasteiger partial charge in [-0.2, -0.15) is 0 Å². The molecule has 1 aromatic rings. The number of nitrogens with zero attached hydrogens (tertiary/aromatic N) is 1. The van der Waals surface area contributed by atoms with Crippen LogP contribution in [0.5, 0.6) is 0 Å². The first-order valence-electron chi connectivity index (χ1n) is 6.53. The molecule has 0 amide bonds. The van der Waals surface area contributed by atoms with E-state index in [9.17, 15) is 0 Å². The van der Waals surface area contributed by atoms with Crippen molar-refractivity contribution >= 4 is 12.6 Å². The Morgan fingerprint density at radius 2 is 2.00 bits per heavy atom. The first-order chi connectivity index (χ1) is 8.72. The van der Waals surface area contributed by atoms with E-state index >= 15 is 0 Å². The molecule has 0 aliphatic carbocycles. The van der Waals surface area contributed by atoms with Crippen LogP contribution in [0, 0.1) is 0 Å². The zero-order valence-corrected chi connectivity index (χ0v) is 10.6. The van der Waals surface area contributed by atoms with Gasteiger partial charge in [0.25, 0.3) is 0 Å². The van der Waals surface area contributed by atoms with Crippen molar-refractivity contribution in [1.82, 2.24) is 4.90 Å². The lowest BCUT2D eigenvalue weighted by atomic mass is 9.79. The van der Waals surface area contributed by atoms with Crippen LogP contribution in [0.15, 0.2) is 36.9 Å². The summed E-state index contributed by atoms with van der Waals surface area (Å²) in [7, 11) is -1.38. The van der Waals surface area contributed by atoms with E-state index in [2.05, 4.69) is 11.5 Å². The Morgan fingerprint density at radius 3 is 2.61 bits per heavy atom. The fourth-order valence-electron chi connectivity index (χ4n) is 2.64. The lowest BCUT2D eigenvalue weighted by Gasteiger charge is -2.35. The highest BCUT2D eigenvalue weighted by molar-refractivity contribution is 6.58. The summed E-state index contributed by atoms with van der Waals surface area (Å²) < 4.78 is 0. The van der Waals surface area contributed by atoms with Gasteiger partial charge in [-0.05, 0) is 30.4 Å². The molecular weight excluding hydrogens is 225 g/mol. The van der Waals surface area contributed by atoms with E-state index in [1.165, 1.54) is 18.4 Å². The molecule has 0 bridgehead atoms. The van der Waals surface area contributed by atoms with E-state index in [0.717, 1.165) is 19.5 Å². The number of piperidine rings is 1. The number of rotatable bonds is 4. The summed E-state index contributed by atoms with van der Waals surface area (Å²) in [5.74, 6) is 0. The summed E-state index contributed by atoms with van der Waals surface area (Å²) in [6.07, 6.45) is 5.61. The van der Waals surface area contributed by atoms with Crippen LogP contribution in [0.25, 0.3) is 0 Å². The van der Waals surface area contributed by atoms with Gasteiger partial charge >= 0.3 is 7.12 Å². The average molecular weight is 245 g/mol. The maximum atomic E-state index is 9.09. The van der Waals surface area contributed by atoms with Gasteiger partial charge < -0.3 is 10.0 Å². The maximum Gasteiger partial charge on any atom is 0.488 e. The maximum absolute atomic E-state index is 9.09. The van der Waals surface area contributed by atoms with E-state index in [-0.39, 0.29) is 0 Å². The molecule has 0 radical (unpaired) electrons. The highest BCUT2D eigenvalue weighted by Crippen LogP contribution is 2.30. The van der Waals surface area contributed by atoms with Crippen LogP contribution >= 0.6 is 0 Å². The normalized spacial score (nSPS) is 20.7. The Morgan fingerprint density at radius 1 is 1.28 bits per heavy atom. The van der Waals surface area contributed by atoms with Crippen molar-refractivity contribution in [2.45, 2.75) is 25.3 Å². The molecule has 1 aliphatic heterocycles. The molecule has 3 nitrogen and oxygen atoms in total. The van der Waals surface area contributed by atoms with Crippen LogP contribution in [0.3, 0.4) is 0 Å². The topological polar surface area (TPSA) is 43.7 Å². The zero-order chi connectivity index (χ0) is 13.0. The molecule has 2 rings (SSSR count). The molecule has 0 spiro atoms. The second kappa shape index (κ2) is 6.18. The summed E-state index contributed by atoms with van der Waals surface area (Å²) in [6, 6.07) is 8.02. The van der Waals surface area contributed by atoms with Crippen molar-refractivity contribution in [3.8, 4) is 0 Å². The molecule has 2 N–H and O–H groups in total. The minimum atomic E-state index is -1.38. The van der Waals surface area contributed by atoms with Crippen molar-refractivity contribution in [2.24, 2.45) is 0 Å². The second-order valence-corrected chi connectivity index (χ2v) is 4.84. The molecule has 18 heavy (non-hydrogen) atoms. The van der Waals surface area contributed by atoms with E-state index < -0.39 is 7.12 Å². The molecule has 1 heterocycles. The molecule has 1 aliphatic rings. The van der Waals surface area contributed by atoms with Crippen molar-refractivity contribution in [3.63, 3.8) is 0 Å². The summed E-state index contributed by atoms with van der Waals surface area (Å²) in [4.78, 5) is 2.43. The third kappa shape index (κ3) is 3.02. The van der Waals surface area contributed by atoms with Crippen molar-refractivity contribution < 1.29 is 10.0 Å². The summed E-state index contributed by atoms with van der Waals surface area (Å²) in [6.45, 7) is 5.84. The third-order valence-corrected chi connectivity index (χ3v) is 3.60. The summed E-state index contributed by atoms with van der Waals surface area (Å²) >= 11 is 0. The van der Waals surface area contributed by atoms with E-state index in [1.54, 1.807) is 12.1 Å². The second-order valence-electron chi connectivity index (χ2n) is 4.84. The first-order valence-corrected chi connectivity index (χ1v) is 6.53. The number of benzene rings is 1. The molecule has 1 unspecified atom stereocenters. The van der Waals surface area contributed by atoms with Crippen molar-refractivity contribution in [3.05, 3.63) is 42.5 Å². The number of hydrogen-bond donors (Lipinski definition) is 2. The predicted molar refractivity (Wildman–Crippen MR) is 74.6 cm³/mol. The van der Waals surface area contributed by atoms with Gasteiger partial charge in [-0.1, -0.05) is 36.8 Å². The molecule has 0 aromatic heterocycles. The van der Waals surface area contributed by atoms with Gasteiger partial charge in [0.05, 0.1) is 0 Å². The SMILES string of the molecule is C=CCN1CCCCC1c1ccc(B(O)O)cc1. The van der Waals surface area contributed by atoms with Gasteiger partial charge in [0.2, 0.25) is 0 Å². The van der Waals surface area contributed by atoms with Gasteiger partial charge in [-0.25, -0.2) is 0 Å². The summed E-state index contributed by atoms with van der Waals surface area (Å²) in [5.41, 5.74) is 1.80. The standard InChI is InChI=1S/C14H20BNO2/c1-2-10-16-11-4-3-5-14(16)12-6-8-13(9-7-12)15(17)18/h2,6-9,14,17-18H,1,3-5,10-11H2. The molecule has 1 aromatic carbocycles. The largest absolute Gasteiger partial charge is 0.488 e. The van der Waals surface area contributed by atoms with E-state index in [4.69, 9.17) is 10.0 Å². The van der Waals surface area contributed by atoms with Crippen LogP contribution in [0.4, 0.5) is 0 Å². The third-order valence-electron chi connectivity index (χ3n) is 3.60.